The molecule has 0 aliphatic rings. The van der Waals surface area contributed by atoms with Gasteiger partial charge in [0.05, 0.1) is 6.61 Å². The van der Waals surface area contributed by atoms with E-state index in [9.17, 15) is 9.59 Å². The van der Waals surface area contributed by atoms with Crippen LogP contribution in [0, 0.1) is 0 Å². The van der Waals surface area contributed by atoms with Crippen molar-refractivity contribution < 1.29 is 19.1 Å². The van der Waals surface area contributed by atoms with Gasteiger partial charge in [-0.05, 0) is 42.3 Å². The first-order valence-corrected chi connectivity index (χ1v) is 9.00. The third kappa shape index (κ3) is 7.46. The molecule has 2 aromatic rings. The average Bonchev–Trinajstić information content (AvgIpc) is 2.61. The molecule has 0 bridgehead atoms. The van der Waals surface area contributed by atoms with Crippen molar-refractivity contribution in [3.8, 4) is 0 Å². The molecular weight excluding hydrogens is 391 g/mol. The molecule has 144 valence electrons. The van der Waals surface area contributed by atoms with Crippen LogP contribution in [0.1, 0.15) is 12.0 Å². The minimum Gasteiger partial charge on any atom is -0.447 e. The second-order valence-electron chi connectivity index (χ2n) is 5.62. The summed E-state index contributed by atoms with van der Waals surface area (Å²) in [6, 6.07) is 12.0. The Labute approximate surface area is 167 Å². The van der Waals surface area contributed by atoms with E-state index in [1.807, 2.05) is 0 Å². The monoisotopic (exact) mass is 410 g/mol. The predicted octanol–water partition coefficient (Wildman–Crippen LogP) is 4.76. The van der Waals surface area contributed by atoms with E-state index in [1.165, 1.54) is 7.11 Å². The van der Waals surface area contributed by atoms with Crippen molar-refractivity contribution in [1.29, 1.82) is 0 Å². The second kappa shape index (κ2) is 10.8. The molecule has 2 amide bonds. The van der Waals surface area contributed by atoms with Crippen molar-refractivity contribution in [2.45, 2.75) is 12.8 Å². The lowest BCUT2D eigenvalue weighted by molar-refractivity contribution is -0.116. The topological polar surface area (TPSA) is 76.7 Å². The number of hydrogen-bond donors (Lipinski definition) is 2. The Bertz CT molecular complexity index is 799. The van der Waals surface area contributed by atoms with Crippen LogP contribution in [0.5, 0.6) is 0 Å². The Morgan fingerprint density at radius 1 is 1.00 bits per heavy atom. The van der Waals surface area contributed by atoms with Gasteiger partial charge in [-0.2, -0.15) is 0 Å². The van der Waals surface area contributed by atoms with Gasteiger partial charge in [-0.25, -0.2) is 4.79 Å². The Morgan fingerprint density at radius 2 is 1.74 bits per heavy atom. The van der Waals surface area contributed by atoms with Crippen molar-refractivity contribution >= 4 is 46.6 Å². The average molecular weight is 411 g/mol. The summed E-state index contributed by atoms with van der Waals surface area (Å²) in [6.07, 6.45) is 0.164. The van der Waals surface area contributed by atoms with E-state index >= 15 is 0 Å². The molecule has 0 heterocycles. The fourth-order valence-corrected chi connectivity index (χ4v) is 2.75. The molecule has 0 unspecified atom stereocenters. The van der Waals surface area contributed by atoms with Gasteiger partial charge in [0.15, 0.2) is 0 Å². The molecule has 6 nitrogen and oxygen atoms in total. The van der Waals surface area contributed by atoms with Crippen LogP contribution in [0.25, 0.3) is 0 Å². The highest BCUT2D eigenvalue weighted by Gasteiger charge is 2.08. The SMILES string of the molecule is COCCOC(=O)Nc1cccc(NC(=O)CCc2ccc(Cl)cc2Cl)c1. The molecule has 0 radical (unpaired) electrons. The van der Waals surface area contributed by atoms with Gasteiger partial charge < -0.3 is 14.8 Å². The molecule has 0 atom stereocenters. The number of nitrogens with one attached hydrogen (secondary N) is 2. The smallest absolute Gasteiger partial charge is 0.411 e. The van der Waals surface area contributed by atoms with Gasteiger partial charge in [-0.1, -0.05) is 35.3 Å². The van der Waals surface area contributed by atoms with Gasteiger partial charge in [0.2, 0.25) is 5.91 Å². The summed E-state index contributed by atoms with van der Waals surface area (Å²) >= 11 is 12.0. The van der Waals surface area contributed by atoms with E-state index in [4.69, 9.17) is 32.7 Å². The van der Waals surface area contributed by atoms with E-state index in [0.29, 0.717) is 34.4 Å². The zero-order chi connectivity index (χ0) is 19.6. The van der Waals surface area contributed by atoms with Crippen molar-refractivity contribution in [1.82, 2.24) is 0 Å². The van der Waals surface area contributed by atoms with Gasteiger partial charge in [0, 0.05) is 35.0 Å². The van der Waals surface area contributed by atoms with E-state index in [0.717, 1.165) is 5.56 Å². The number of carbonyl (C=O) groups is 2. The van der Waals surface area contributed by atoms with Crippen LogP contribution in [-0.4, -0.2) is 32.3 Å². The normalized spacial score (nSPS) is 10.3. The molecule has 0 fully saturated rings. The molecule has 2 rings (SSSR count). The third-order valence-electron chi connectivity index (χ3n) is 3.55. The molecule has 0 aliphatic carbocycles. The number of anilines is 2. The highest BCUT2D eigenvalue weighted by molar-refractivity contribution is 6.35. The quantitative estimate of drug-likeness (QED) is 0.614. The first kappa shape index (κ1) is 21.0. The summed E-state index contributed by atoms with van der Waals surface area (Å²) in [5.74, 6) is -0.166. The number of amides is 2. The highest BCUT2D eigenvalue weighted by Crippen LogP contribution is 2.22. The molecule has 27 heavy (non-hydrogen) atoms. The van der Waals surface area contributed by atoms with Gasteiger partial charge in [-0.15, -0.1) is 0 Å². The Balaban J connectivity index is 1.85. The van der Waals surface area contributed by atoms with Crippen LogP contribution in [0.2, 0.25) is 10.0 Å². The van der Waals surface area contributed by atoms with Crippen molar-refractivity contribution in [2.75, 3.05) is 31.0 Å². The standard InChI is InChI=1S/C19H20Cl2N2O4/c1-26-9-10-27-19(25)23-16-4-2-3-15(12-16)22-18(24)8-6-13-5-7-14(20)11-17(13)21/h2-5,7,11-12H,6,8-10H2,1H3,(H,22,24)(H,23,25). The fourth-order valence-electron chi connectivity index (χ4n) is 2.24. The minimum atomic E-state index is -0.590. The molecule has 0 aliphatic heterocycles. The third-order valence-corrected chi connectivity index (χ3v) is 4.14. The number of aryl methyl sites for hydroxylation is 1. The number of hydrogen-bond acceptors (Lipinski definition) is 4. The van der Waals surface area contributed by atoms with E-state index in [2.05, 4.69) is 10.6 Å². The van der Waals surface area contributed by atoms with Crippen LogP contribution < -0.4 is 10.6 Å². The molecule has 2 N–H and O–H groups in total. The summed E-state index contributed by atoms with van der Waals surface area (Å²) in [7, 11) is 1.52. The van der Waals surface area contributed by atoms with Crippen molar-refractivity contribution in [3.05, 3.63) is 58.1 Å². The Morgan fingerprint density at radius 3 is 2.44 bits per heavy atom. The van der Waals surface area contributed by atoms with Crippen LogP contribution in [-0.2, 0) is 20.7 Å². The Kier molecular flexibility index (Phi) is 8.39. The number of rotatable bonds is 8. The van der Waals surface area contributed by atoms with Crippen LogP contribution in [0.3, 0.4) is 0 Å². The highest BCUT2D eigenvalue weighted by atomic mass is 35.5. The lowest BCUT2D eigenvalue weighted by Gasteiger charge is -2.10. The van der Waals surface area contributed by atoms with Crippen LogP contribution >= 0.6 is 23.2 Å². The number of carbonyl (C=O) groups excluding carboxylic acids is 2. The summed E-state index contributed by atoms with van der Waals surface area (Å²) < 4.78 is 9.74. The summed E-state index contributed by atoms with van der Waals surface area (Å²) in [5.41, 5.74) is 1.93. The first-order valence-electron chi connectivity index (χ1n) is 8.24. The zero-order valence-electron chi connectivity index (χ0n) is 14.8. The number of methoxy groups -OCH3 is 1. The molecule has 2 aromatic carbocycles. The van der Waals surface area contributed by atoms with Gasteiger partial charge in [0.1, 0.15) is 6.61 Å². The van der Waals surface area contributed by atoms with Gasteiger partial charge in [-0.3, -0.25) is 10.1 Å². The predicted molar refractivity (Wildman–Crippen MR) is 107 cm³/mol. The minimum absolute atomic E-state index is 0.159. The zero-order valence-corrected chi connectivity index (χ0v) is 16.3. The molecule has 0 aromatic heterocycles. The maximum atomic E-state index is 12.2. The van der Waals surface area contributed by atoms with Crippen molar-refractivity contribution in [2.24, 2.45) is 0 Å². The molecular formula is C19H20Cl2N2O4. The summed E-state index contributed by atoms with van der Waals surface area (Å²) in [5, 5.41) is 6.47. The first-order chi connectivity index (χ1) is 13.0. The molecule has 0 saturated carbocycles. The molecule has 0 spiro atoms. The van der Waals surface area contributed by atoms with E-state index in [-0.39, 0.29) is 18.9 Å². The second-order valence-corrected chi connectivity index (χ2v) is 6.46. The van der Waals surface area contributed by atoms with Gasteiger partial charge >= 0.3 is 6.09 Å². The number of ether oxygens (including phenoxy) is 2. The molecule has 8 heteroatoms. The summed E-state index contributed by atoms with van der Waals surface area (Å²) in [4.78, 5) is 23.8. The summed E-state index contributed by atoms with van der Waals surface area (Å²) in [6.45, 7) is 0.479. The van der Waals surface area contributed by atoms with Crippen molar-refractivity contribution in [3.63, 3.8) is 0 Å². The van der Waals surface area contributed by atoms with E-state index in [1.54, 1.807) is 42.5 Å². The fraction of sp³-hybridized carbons (Fsp3) is 0.263. The lowest BCUT2D eigenvalue weighted by atomic mass is 10.1. The van der Waals surface area contributed by atoms with Crippen LogP contribution in [0.4, 0.5) is 16.2 Å². The van der Waals surface area contributed by atoms with Crippen LogP contribution in [0.15, 0.2) is 42.5 Å². The lowest BCUT2D eigenvalue weighted by Crippen LogP contribution is -2.17. The molecule has 0 saturated heterocycles. The number of halogens is 2. The van der Waals surface area contributed by atoms with E-state index < -0.39 is 6.09 Å². The van der Waals surface area contributed by atoms with Gasteiger partial charge in [0.25, 0.3) is 0 Å². The maximum Gasteiger partial charge on any atom is 0.411 e. The maximum absolute atomic E-state index is 12.2. The number of benzene rings is 2. The largest absolute Gasteiger partial charge is 0.447 e. The Hall–Kier alpha value is -2.28.